The van der Waals surface area contributed by atoms with Crippen molar-refractivity contribution >= 4 is 11.7 Å². The minimum absolute atomic E-state index is 0.282. The topological polar surface area (TPSA) is 89.1 Å². The smallest absolute Gasteiger partial charge is 0.322 e. The summed E-state index contributed by atoms with van der Waals surface area (Å²) in [7, 11) is 1.88. The van der Waals surface area contributed by atoms with Crippen LogP contribution in [0.25, 0.3) is 11.6 Å². The van der Waals surface area contributed by atoms with E-state index in [1.807, 2.05) is 11.7 Å². The summed E-state index contributed by atoms with van der Waals surface area (Å²) in [6.45, 7) is 0.922. The van der Waals surface area contributed by atoms with Crippen LogP contribution in [0.3, 0.4) is 0 Å². The van der Waals surface area contributed by atoms with Gasteiger partial charge in [-0.2, -0.15) is 10.1 Å². The van der Waals surface area contributed by atoms with Crippen molar-refractivity contribution in [3.8, 4) is 11.6 Å². The molecule has 1 saturated carbocycles. The van der Waals surface area contributed by atoms with Crippen LogP contribution in [0.1, 0.15) is 35.8 Å². The molecule has 8 nitrogen and oxygen atoms in total. The van der Waals surface area contributed by atoms with E-state index in [2.05, 4.69) is 20.6 Å². The summed E-state index contributed by atoms with van der Waals surface area (Å²) in [5.74, 6) is 1.12. The Morgan fingerprint density at radius 1 is 1.36 bits per heavy atom. The Morgan fingerprint density at radius 3 is 3.00 bits per heavy atom. The molecule has 5 rings (SSSR count). The number of nitrogens with one attached hydrogen (secondary N) is 1. The molecular formula is C19H19FN6O2. The third-order valence-corrected chi connectivity index (χ3v) is 5.19. The van der Waals surface area contributed by atoms with E-state index in [9.17, 15) is 9.18 Å². The van der Waals surface area contributed by atoms with Gasteiger partial charge < -0.3 is 14.7 Å². The molecule has 3 heterocycles. The van der Waals surface area contributed by atoms with Crippen LogP contribution in [-0.4, -0.2) is 37.4 Å². The lowest BCUT2D eigenvalue weighted by molar-refractivity contribution is 0.206. The zero-order valence-corrected chi connectivity index (χ0v) is 15.4. The normalized spacial score (nSPS) is 16.1. The molecule has 0 unspecified atom stereocenters. The monoisotopic (exact) mass is 382 g/mol. The molecule has 28 heavy (non-hydrogen) atoms. The maximum absolute atomic E-state index is 13.4. The summed E-state index contributed by atoms with van der Waals surface area (Å²) in [5, 5.41) is 11.4. The molecule has 0 saturated heterocycles. The van der Waals surface area contributed by atoms with Crippen LogP contribution in [0.2, 0.25) is 0 Å². The molecule has 2 aromatic heterocycles. The Kier molecular flexibility index (Phi) is 3.88. The average molecular weight is 382 g/mol. The van der Waals surface area contributed by atoms with Crippen LogP contribution in [0.15, 0.2) is 28.8 Å². The number of carbonyl (C=O) groups is 1. The zero-order valence-electron chi connectivity index (χ0n) is 15.4. The van der Waals surface area contributed by atoms with Gasteiger partial charge in [0.15, 0.2) is 11.5 Å². The van der Waals surface area contributed by atoms with Crippen LogP contribution in [-0.2, 0) is 20.0 Å². The molecule has 2 amide bonds. The number of fused-ring (bicyclic) bond motifs is 1. The standard InChI is InChI=1S/C19H19FN6O2/c1-25-15-7-8-26(19(27)21-13-4-2-3-12(20)9-13)10-14(15)16(23-25)18-22-17(24-28-18)11-5-6-11/h2-4,9,11H,5-8,10H2,1H3,(H,21,27). The number of hydrogen-bond donors (Lipinski definition) is 1. The highest BCUT2D eigenvalue weighted by Gasteiger charge is 2.32. The molecule has 1 aliphatic carbocycles. The number of amides is 2. The molecule has 144 valence electrons. The molecular weight excluding hydrogens is 363 g/mol. The number of aryl methyl sites for hydroxylation is 1. The molecule has 3 aromatic rings. The molecule has 1 aliphatic heterocycles. The minimum Gasteiger partial charge on any atom is -0.332 e. The number of anilines is 1. The van der Waals surface area contributed by atoms with Crippen molar-refractivity contribution in [3.05, 3.63) is 47.2 Å². The predicted molar refractivity (Wildman–Crippen MR) is 98.0 cm³/mol. The van der Waals surface area contributed by atoms with Gasteiger partial charge in [0.25, 0.3) is 5.89 Å². The molecule has 0 spiro atoms. The number of halogens is 1. The van der Waals surface area contributed by atoms with E-state index in [0.29, 0.717) is 42.7 Å². The highest BCUT2D eigenvalue weighted by molar-refractivity contribution is 5.89. The molecule has 9 heteroatoms. The maximum atomic E-state index is 13.4. The van der Waals surface area contributed by atoms with Gasteiger partial charge in [0.1, 0.15) is 5.82 Å². The lowest BCUT2D eigenvalue weighted by Crippen LogP contribution is -2.39. The summed E-state index contributed by atoms with van der Waals surface area (Å²) < 4.78 is 20.6. The molecule has 0 radical (unpaired) electrons. The summed E-state index contributed by atoms with van der Waals surface area (Å²) in [4.78, 5) is 18.8. The van der Waals surface area contributed by atoms with E-state index in [-0.39, 0.29) is 6.03 Å². The van der Waals surface area contributed by atoms with Crippen LogP contribution in [0.5, 0.6) is 0 Å². The van der Waals surface area contributed by atoms with Crippen molar-refractivity contribution in [1.82, 2.24) is 24.8 Å². The van der Waals surface area contributed by atoms with Crippen molar-refractivity contribution in [1.29, 1.82) is 0 Å². The molecule has 0 atom stereocenters. The molecule has 1 aromatic carbocycles. The van der Waals surface area contributed by atoms with Gasteiger partial charge in [0.05, 0.1) is 6.54 Å². The Morgan fingerprint density at radius 2 is 2.21 bits per heavy atom. The van der Waals surface area contributed by atoms with Gasteiger partial charge >= 0.3 is 6.03 Å². The fourth-order valence-electron chi connectivity index (χ4n) is 3.54. The van der Waals surface area contributed by atoms with Crippen molar-refractivity contribution in [2.24, 2.45) is 7.05 Å². The van der Waals surface area contributed by atoms with Gasteiger partial charge in [-0.05, 0) is 31.0 Å². The number of hydrogen-bond acceptors (Lipinski definition) is 5. The van der Waals surface area contributed by atoms with Gasteiger partial charge in [-0.3, -0.25) is 4.68 Å². The number of carbonyl (C=O) groups excluding carboxylic acids is 1. The van der Waals surface area contributed by atoms with Gasteiger partial charge in [-0.15, -0.1) is 0 Å². The summed E-state index contributed by atoms with van der Waals surface area (Å²) in [5.41, 5.74) is 3.01. The van der Waals surface area contributed by atoms with E-state index in [4.69, 9.17) is 4.52 Å². The van der Waals surface area contributed by atoms with Crippen molar-refractivity contribution in [2.75, 3.05) is 11.9 Å². The largest absolute Gasteiger partial charge is 0.332 e. The summed E-state index contributed by atoms with van der Waals surface area (Å²) in [6, 6.07) is 5.57. The van der Waals surface area contributed by atoms with Gasteiger partial charge in [-0.25, -0.2) is 9.18 Å². The number of benzene rings is 1. The van der Waals surface area contributed by atoms with Gasteiger partial charge in [0, 0.05) is 42.9 Å². The Bertz CT molecular complexity index is 1050. The Labute approximate surface area is 160 Å². The molecule has 1 N–H and O–H groups in total. The van der Waals surface area contributed by atoms with Crippen LogP contribution >= 0.6 is 0 Å². The minimum atomic E-state index is -0.392. The van der Waals surface area contributed by atoms with Crippen molar-refractivity contribution in [2.45, 2.75) is 31.7 Å². The lowest BCUT2D eigenvalue weighted by atomic mass is 10.1. The SMILES string of the molecule is Cn1nc(-c2nc(C3CC3)no2)c2c1CCN(C(=O)Nc1cccc(F)c1)C2. The fraction of sp³-hybridized carbons (Fsp3) is 0.368. The third-order valence-electron chi connectivity index (χ3n) is 5.19. The van der Waals surface area contributed by atoms with E-state index in [1.165, 1.54) is 12.1 Å². The number of urea groups is 1. The zero-order chi connectivity index (χ0) is 19.3. The number of aromatic nitrogens is 4. The molecule has 2 aliphatic rings. The second kappa shape index (κ2) is 6.43. The first-order valence-electron chi connectivity index (χ1n) is 9.28. The first-order chi connectivity index (χ1) is 13.6. The lowest BCUT2D eigenvalue weighted by Gasteiger charge is -2.27. The quantitative estimate of drug-likeness (QED) is 0.752. The first-order valence-corrected chi connectivity index (χ1v) is 9.28. The van der Waals surface area contributed by atoms with E-state index >= 15 is 0 Å². The number of nitrogens with zero attached hydrogens (tertiary/aromatic N) is 5. The van der Waals surface area contributed by atoms with Crippen LogP contribution in [0, 0.1) is 5.82 Å². The maximum Gasteiger partial charge on any atom is 0.322 e. The van der Waals surface area contributed by atoms with Gasteiger partial charge in [-0.1, -0.05) is 11.2 Å². The highest BCUT2D eigenvalue weighted by atomic mass is 19.1. The predicted octanol–water partition coefficient (Wildman–Crippen LogP) is 3.08. The second-order valence-corrected chi connectivity index (χ2v) is 7.24. The van der Waals surface area contributed by atoms with E-state index < -0.39 is 5.82 Å². The van der Waals surface area contributed by atoms with Gasteiger partial charge in [0.2, 0.25) is 0 Å². The second-order valence-electron chi connectivity index (χ2n) is 7.24. The van der Waals surface area contributed by atoms with Crippen molar-refractivity contribution in [3.63, 3.8) is 0 Å². The van der Waals surface area contributed by atoms with E-state index in [1.54, 1.807) is 17.0 Å². The van der Waals surface area contributed by atoms with Crippen LogP contribution in [0.4, 0.5) is 14.9 Å². The Hall–Kier alpha value is -3.23. The molecule has 1 fully saturated rings. The summed E-state index contributed by atoms with van der Waals surface area (Å²) in [6.07, 6.45) is 2.85. The molecule has 0 bridgehead atoms. The van der Waals surface area contributed by atoms with Crippen molar-refractivity contribution < 1.29 is 13.7 Å². The number of rotatable bonds is 3. The fourth-order valence-corrected chi connectivity index (χ4v) is 3.54. The average Bonchev–Trinajstić information content (AvgIpc) is 3.33. The highest BCUT2D eigenvalue weighted by Crippen LogP contribution is 2.39. The Balaban J connectivity index is 1.39. The first kappa shape index (κ1) is 16.9. The third kappa shape index (κ3) is 3.02. The van der Waals surface area contributed by atoms with Crippen LogP contribution < -0.4 is 5.32 Å². The van der Waals surface area contributed by atoms with E-state index in [0.717, 1.165) is 29.9 Å². The summed E-state index contributed by atoms with van der Waals surface area (Å²) >= 11 is 0.